The summed E-state index contributed by atoms with van der Waals surface area (Å²) in [6, 6.07) is 5.51. The first-order chi connectivity index (χ1) is 16.1. The number of aromatic nitrogens is 2. The Labute approximate surface area is 199 Å². The van der Waals surface area contributed by atoms with Crippen molar-refractivity contribution >= 4 is 46.6 Å². The summed E-state index contributed by atoms with van der Waals surface area (Å²) in [5.41, 5.74) is 1.67. The highest BCUT2D eigenvalue weighted by molar-refractivity contribution is 7.15. The van der Waals surface area contributed by atoms with Crippen LogP contribution in [0.3, 0.4) is 0 Å². The predicted molar refractivity (Wildman–Crippen MR) is 134 cm³/mol. The number of nitriles is 1. The summed E-state index contributed by atoms with van der Waals surface area (Å²) in [6.07, 6.45) is 12.0. The number of thiazole rings is 1. The monoisotopic (exact) mass is 465 g/mol. The molecule has 2 aromatic heterocycles. The molecule has 0 amide bonds. The van der Waals surface area contributed by atoms with E-state index in [1.807, 2.05) is 25.1 Å². The highest BCUT2D eigenvalue weighted by atomic mass is 32.1. The molecule has 9 heteroatoms. The van der Waals surface area contributed by atoms with Crippen LogP contribution >= 0.6 is 11.3 Å². The van der Waals surface area contributed by atoms with Crippen molar-refractivity contribution < 1.29 is 5.11 Å². The smallest absolute Gasteiger partial charge is 0.188 e. The summed E-state index contributed by atoms with van der Waals surface area (Å²) in [6.45, 7) is 6.58. The number of pyridine rings is 1. The molecule has 4 heterocycles. The first kappa shape index (κ1) is 23.4. The average molecular weight is 466 g/mol. The van der Waals surface area contributed by atoms with E-state index in [0.717, 1.165) is 41.3 Å². The van der Waals surface area contributed by atoms with E-state index in [9.17, 15) is 5.11 Å². The predicted octanol–water partition coefficient (Wildman–Crippen LogP) is 4.85. The summed E-state index contributed by atoms with van der Waals surface area (Å²) >= 11 is 1.39. The molecule has 8 nitrogen and oxygen atoms in total. The van der Waals surface area contributed by atoms with Crippen LogP contribution in [0.25, 0.3) is 6.08 Å². The van der Waals surface area contributed by atoms with E-state index < -0.39 is 0 Å². The van der Waals surface area contributed by atoms with Gasteiger partial charge in [0.25, 0.3) is 0 Å². The second-order valence-electron chi connectivity index (χ2n) is 8.56. The van der Waals surface area contributed by atoms with Crippen LogP contribution in [0.5, 0.6) is 0 Å². The van der Waals surface area contributed by atoms with E-state index in [0.29, 0.717) is 35.5 Å². The second-order valence-corrected chi connectivity index (χ2v) is 9.67. The molecule has 2 aromatic rings. The fourth-order valence-electron chi connectivity index (χ4n) is 5.06. The second kappa shape index (κ2) is 10.9. The van der Waals surface area contributed by atoms with Crippen LogP contribution in [-0.2, 0) is 6.61 Å². The van der Waals surface area contributed by atoms with Crippen molar-refractivity contribution in [2.24, 2.45) is 4.99 Å². The number of nitrogens with zero attached hydrogens (tertiary/aromatic N) is 5. The molecule has 0 spiro atoms. The molecule has 2 aliphatic heterocycles. The van der Waals surface area contributed by atoms with Crippen LogP contribution in [0.4, 0.5) is 22.5 Å². The summed E-state index contributed by atoms with van der Waals surface area (Å²) in [7, 11) is 0. The molecule has 0 aromatic carbocycles. The highest BCUT2D eigenvalue weighted by Crippen LogP contribution is 2.37. The van der Waals surface area contributed by atoms with Gasteiger partial charge in [-0.25, -0.2) is 9.97 Å². The fourth-order valence-corrected chi connectivity index (χ4v) is 5.74. The van der Waals surface area contributed by atoms with Crippen LogP contribution < -0.4 is 10.6 Å². The molecule has 0 unspecified atom stereocenters. The third kappa shape index (κ3) is 5.41. The summed E-state index contributed by atoms with van der Waals surface area (Å²) in [5.74, 6) is 1.42. The Morgan fingerprint density at radius 2 is 2.18 bits per heavy atom. The van der Waals surface area contributed by atoms with Gasteiger partial charge >= 0.3 is 0 Å². The molecule has 2 saturated heterocycles. The van der Waals surface area contributed by atoms with E-state index in [1.165, 1.54) is 30.6 Å². The summed E-state index contributed by atoms with van der Waals surface area (Å²) in [5, 5.41) is 26.0. The zero-order chi connectivity index (χ0) is 23.2. The third-order valence-electron chi connectivity index (χ3n) is 6.43. The van der Waals surface area contributed by atoms with Gasteiger partial charge < -0.3 is 15.7 Å². The van der Waals surface area contributed by atoms with Crippen LogP contribution in [0.1, 0.15) is 55.9 Å². The minimum Gasteiger partial charge on any atom is -0.391 e. The van der Waals surface area contributed by atoms with Gasteiger partial charge in [-0.2, -0.15) is 5.26 Å². The molecular weight excluding hydrogens is 434 g/mol. The topological polar surface area (TPSA) is 109 Å². The average Bonchev–Trinajstić information content (AvgIpc) is 3.26. The summed E-state index contributed by atoms with van der Waals surface area (Å²) < 4.78 is 0. The number of anilines is 3. The minimum absolute atomic E-state index is 0.0331. The lowest BCUT2D eigenvalue weighted by Crippen LogP contribution is -2.55. The molecule has 0 aliphatic carbocycles. The molecule has 2 bridgehead atoms. The minimum atomic E-state index is -0.0331. The molecule has 2 fully saturated rings. The number of nitrogens with one attached hydrogen (secondary N) is 2. The fraction of sp³-hybridized carbons (Fsp3) is 0.500. The van der Waals surface area contributed by atoms with Crippen LogP contribution in [0.2, 0.25) is 0 Å². The Bertz CT molecular complexity index is 1030. The third-order valence-corrected chi connectivity index (χ3v) is 7.33. The zero-order valence-corrected chi connectivity index (χ0v) is 19.8. The SMILES string of the molecule is C=Nc1cc(Nc2ncc(CO)s2)nc(N[C@@H]2C[C@H]3CCC[C@@H](C2)N3CCC#N)c1/C=C\C. The summed E-state index contributed by atoms with van der Waals surface area (Å²) in [4.78, 5) is 16.8. The number of allylic oxidation sites excluding steroid dienone is 1. The first-order valence-corrected chi connectivity index (χ1v) is 12.3. The highest BCUT2D eigenvalue weighted by Gasteiger charge is 2.38. The van der Waals surface area contributed by atoms with Crippen molar-refractivity contribution in [3.05, 3.63) is 28.8 Å². The maximum atomic E-state index is 9.32. The lowest BCUT2D eigenvalue weighted by atomic mass is 9.81. The van der Waals surface area contributed by atoms with E-state index in [2.05, 4.69) is 38.3 Å². The number of rotatable bonds is 9. The molecule has 174 valence electrons. The van der Waals surface area contributed by atoms with Gasteiger partial charge in [-0.05, 0) is 39.3 Å². The van der Waals surface area contributed by atoms with Crippen molar-refractivity contribution in [2.75, 3.05) is 17.2 Å². The number of aliphatic hydroxyl groups excluding tert-OH is 1. The van der Waals surface area contributed by atoms with E-state index in [-0.39, 0.29) is 6.61 Å². The Kier molecular flexibility index (Phi) is 7.70. The van der Waals surface area contributed by atoms with E-state index >= 15 is 0 Å². The van der Waals surface area contributed by atoms with E-state index in [4.69, 9.17) is 10.2 Å². The van der Waals surface area contributed by atoms with Gasteiger partial charge in [0, 0.05) is 48.9 Å². The lowest BCUT2D eigenvalue weighted by Gasteiger charge is -2.49. The lowest BCUT2D eigenvalue weighted by molar-refractivity contribution is 0.0370. The van der Waals surface area contributed by atoms with Crippen LogP contribution in [0, 0.1) is 11.3 Å². The Morgan fingerprint density at radius 3 is 2.82 bits per heavy atom. The van der Waals surface area contributed by atoms with Crippen molar-refractivity contribution in [3.8, 4) is 6.07 Å². The molecule has 4 rings (SSSR count). The maximum Gasteiger partial charge on any atom is 0.188 e. The Balaban J connectivity index is 1.58. The van der Waals surface area contributed by atoms with Gasteiger partial charge in [0.15, 0.2) is 5.13 Å². The standard InChI is InChI=1S/C24H31N7OS/c1-3-6-20-21(26-2)13-22(30-24-27-14-19(15-32)33-24)29-23(20)28-16-11-17-7-4-8-18(12-16)31(17)10-5-9-25/h3,6,13-14,16-18,32H,2,4-5,7-8,10-12,15H2,1H3,(H2,27,28,29,30)/b6-3-/t16-,17-,18+. The van der Waals surface area contributed by atoms with Gasteiger partial charge in [0.2, 0.25) is 0 Å². The number of hydrogen-bond donors (Lipinski definition) is 3. The Hall–Kier alpha value is -2.80. The van der Waals surface area contributed by atoms with Crippen molar-refractivity contribution in [2.45, 2.75) is 70.2 Å². The van der Waals surface area contributed by atoms with Gasteiger partial charge in [0.05, 0.1) is 23.2 Å². The first-order valence-electron chi connectivity index (χ1n) is 11.5. The molecular formula is C24H31N7OS. The number of piperidine rings is 2. The number of aliphatic hydroxyl groups is 1. The molecule has 0 radical (unpaired) electrons. The number of fused-ring (bicyclic) bond motifs is 2. The van der Waals surface area contributed by atoms with Gasteiger partial charge in [0.1, 0.15) is 11.6 Å². The molecule has 2 aliphatic rings. The van der Waals surface area contributed by atoms with Crippen molar-refractivity contribution in [3.63, 3.8) is 0 Å². The maximum absolute atomic E-state index is 9.32. The zero-order valence-electron chi connectivity index (χ0n) is 19.0. The van der Waals surface area contributed by atoms with Crippen LogP contribution in [0.15, 0.2) is 23.3 Å². The van der Waals surface area contributed by atoms with Crippen LogP contribution in [-0.4, -0.2) is 51.4 Å². The quantitative estimate of drug-likeness (QED) is 0.454. The van der Waals surface area contributed by atoms with Gasteiger partial charge in [-0.15, -0.1) is 0 Å². The molecule has 3 atom stereocenters. The van der Waals surface area contributed by atoms with E-state index in [1.54, 1.807) is 6.20 Å². The molecule has 33 heavy (non-hydrogen) atoms. The largest absolute Gasteiger partial charge is 0.391 e. The number of aliphatic imine (C=N–C) groups is 1. The normalized spacial score (nSPS) is 22.8. The Morgan fingerprint density at radius 1 is 1.39 bits per heavy atom. The van der Waals surface area contributed by atoms with Crippen molar-refractivity contribution in [1.29, 1.82) is 5.26 Å². The molecule has 3 N–H and O–H groups in total. The number of hydrogen-bond acceptors (Lipinski definition) is 9. The van der Waals surface area contributed by atoms with Gasteiger partial charge in [-0.1, -0.05) is 29.9 Å². The van der Waals surface area contributed by atoms with Crippen molar-refractivity contribution in [1.82, 2.24) is 14.9 Å². The van der Waals surface area contributed by atoms with Gasteiger partial charge in [-0.3, -0.25) is 9.89 Å². The molecule has 0 saturated carbocycles.